The summed E-state index contributed by atoms with van der Waals surface area (Å²) in [6.07, 6.45) is 5.54. The summed E-state index contributed by atoms with van der Waals surface area (Å²) in [6, 6.07) is 5.93. The van der Waals surface area contributed by atoms with Crippen molar-refractivity contribution in [1.82, 2.24) is 19.7 Å². The highest BCUT2D eigenvalue weighted by Crippen LogP contribution is 2.53. The Bertz CT molecular complexity index is 1180. The standard InChI is InChI=1S/C22H22F2N6O/c23-15-3-6-28(11-15)21(31)26-16-1-2-18(24)19(8-16)30-10-14-7-17(9-25-20(14)27-30)29-12-22(13-29)4-5-22/h1-2,7-10,15H,3-6,11-13H2,(H,26,31)/t15-/m1/s1. The van der Waals surface area contributed by atoms with Gasteiger partial charge in [-0.1, -0.05) is 0 Å². The first-order valence-electron chi connectivity index (χ1n) is 10.6. The van der Waals surface area contributed by atoms with Crippen molar-refractivity contribution in [3.63, 3.8) is 0 Å². The minimum Gasteiger partial charge on any atom is -0.369 e. The number of nitrogens with zero attached hydrogens (tertiary/aromatic N) is 5. The maximum absolute atomic E-state index is 14.6. The second-order valence-electron chi connectivity index (χ2n) is 8.96. The summed E-state index contributed by atoms with van der Waals surface area (Å²) in [7, 11) is 0. The SMILES string of the molecule is O=C(Nc1ccc(F)c(-n2cc3cc(N4CC5(CC5)C4)cnc3n2)c1)N1CC[C@@H](F)C1. The van der Waals surface area contributed by atoms with Crippen molar-refractivity contribution in [3.8, 4) is 5.69 Å². The van der Waals surface area contributed by atoms with Gasteiger partial charge in [-0.2, -0.15) is 0 Å². The highest BCUT2D eigenvalue weighted by Gasteiger charge is 2.52. The van der Waals surface area contributed by atoms with E-state index in [1.807, 2.05) is 12.3 Å². The van der Waals surface area contributed by atoms with Crippen LogP contribution in [0, 0.1) is 11.2 Å². The zero-order chi connectivity index (χ0) is 21.2. The van der Waals surface area contributed by atoms with Crippen LogP contribution in [0.1, 0.15) is 19.3 Å². The molecule has 2 aromatic heterocycles. The Labute approximate surface area is 177 Å². The van der Waals surface area contributed by atoms with E-state index in [0.29, 0.717) is 29.7 Å². The fourth-order valence-electron chi connectivity index (χ4n) is 4.51. The molecule has 9 heteroatoms. The lowest BCUT2D eigenvalue weighted by molar-refractivity contribution is 0.218. The first-order chi connectivity index (χ1) is 15.0. The van der Waals surface area contributed by atoms with Crippen molar-refractivity contribution >= 4 is 28.4 Å². The van der Waals surface area contributed by atoms with E-state index in [1.54, 1.807) is 6.20 Å². The molecule has 1 N–H and O–H groups in total. The van der Waals surface area contributed by atoms with Crippen LogP contribution in [-0.4, -0.2) is 58.0 Å². The number of hydrogen-bond acceptors (Lipinski definition) is 4. The van der Waals surface area contributed by atoms with Crippen molar-refractivity contribution < 1.29 is 13.6 Å². The molecule has 2 saturated heterocycles. The summed E-state index contributed by atoms with van der Waals surface area (Å²) in [5.74, 6) is -0.463. The number of aromatic nitrogens is 3. The number of carbonyl (C=O) groups is 1. The van der Waals surface area contributed by atoms with Gasteiger partial charge in [0, 0.05) is 42.3 Å². The molecule has 1 aliphatic carbocycles. The highest BCUT2D eigenvalue weighted by molar-refractivity contribution is 5.90. The van der Waals surface area contributed by atoms with E-state index in [2.05, 4.69) is 20.3 Å². The number of anilines is 2. The number of fused-ring (bicyclic) bond motifs is 1. The van der Waals surface area contributed by atoms with Crippen LogP contribution >= 0.6 is 0 Å². The minimum atomic E-state index is -0.991. The largest absolute Gasteiger partial charge is 0.369 e. The first kappa shape index (κ1) is 18.5. The van der Waals surface area contributed by atoms with Gasteiger partial charge in [-0.3, -0.25) is 0 Å². The third kappa shape index (κ3) is 3.28. The third-order valence-corrected chi connectivity index (χ3v) is 6.58. The van der Waals surface area contributed by atoms with E-state index in [0.717, 1.165) is 24.2 Å². The number of amides is 2. The number of carbonyl (C=O) groups excluding carboxylic acids is 1. The number of urea groups is 1. The topological polar surface area (TPSA) is 66.3 Å². The second kappa shape index (κ2) is 6.63. The zero-order valence-electron chi connectivity index (χ0n) is 16.9. The van der Waals surface area contributed by atoms with Crippen LogP contribution in [0.15, 0.2) is 36.7 Å². The average molecular weight is 424 g/mol. The van der Waals surface area contributed by atoms with E-state index in [4.69, 9.17) is 0 Å². The average Bonchev–Trinajstić information content (AvgIpc) is 3.24. The Hall–Kier alpha value is -3.23. The van der Waals surface area contributed by atoms with Gasteiger partial charge in [-0.25, -0.2) is 23.2 Å². The third-order valence-electron chi connectivity index (χ3n) is 6.58. The molecule has 2 aliphatic heterocycles. The van der Waals surface area contributed by atoms with Gasteiger partial charge in [-0.15, -0.1) is 5.10 Å². The van der Waals surface area contributed by atoms with Crippen LogP contribution in [-0.2, 0) is 0 Å². The molecule has 4 heterocycles. The minimum absolute atomic E-state index is 0.0799. The zero-order valence-corrected chi connectivity index (χ0v) is 16.9. The quantitative estimate of drug-likeness (QED) is 0.696. The molecular weight excluding hydrogens is 402 g/mol. The van der Waals surface area contributed by atoms with Crippen molar-refractivity contribution in [2.45, 2.75) is 25.4 Å². The number of nitrogens with one attached hydrogen (secondary N) is 1. The molecule has 31 heavy (non-hydrogen) atoms. The molecule has 160 valence electrons. The Morgan fingerprint density at radius 1 is 1.23 bits per heavy atom. The van der Waals surface area contributed by atoms with E-state index < -0.39 is 18.0 Å². The number of benzene rings is 1. The fraction of sp³-hybridized carbons (Fsp3) is 0.409. The molecule has 1 aromatic carbocycles. The van der Waals surface area contributed by atoms with Gasteiger partial charge in [0.2, 0.25) is 0 Å². The van der Waals surface area contributed by atoms with Crippen LogP contribution in [0.2, 0.25) is 0 Å². The predicted octanol–water partition coefficient (Wildman–Crippen LogP) is 3.74. The van der Waals surface area contributed by atoms with Crippen LogP contribution in [0.25, 0.3) is 16.7 Å². The molecular formula is C22H22F2N6O. The monoisotopic (exact) mass is 424 g/mol. The molecule has 0 unspecified atom stereocenters. The van der Waals surface area contributed by atoms with Crippen LogP contribution in [0.3, 0.4) is 0 Å². The summed E-state index contributed by atoms with van der Waals surface area (Å²) in [5.41, 5.74) is 2.77. The maximum Gasteiger partial charge on any atom is 0.321 e. The van der Waals surface area contributed by atoms with Gasteiger partial charge < -0.3 is 15.1 Å². The van der Waals surface area contributed by atoms with Gasteiger partial charge in [0.05, 0.1) is 18.4 Å². The lowest BCUT2D eigenvalue weighted by Gasteiger charge is -2.41. The summed E-state index contributed by atoms with van der Waals surface area (Å²) < 4.78 is 29.4. The van der Waals surface area contributed by atoms with E-state index in [9.17, 15) is 13.6 Å². The Morgan fingerprint density at radius 3 is 2.81 bits per heavy atom. The Morgan fingerprint density at radius 2 is 2.06 bits per heavy atom. The molecule has 6 rings (SSSR count). The molecule has 1 spiro atoms. The molecule has 1 atom stereocenters. The number of hydrogen-bond donors (Lipinski definition) is 1. The van der Waals surface area contributed by atoms with Gasteiger partial charge in [0.25, 0.3) is 0 Å². The van der Waals surface area contributed by atoms with Crippen molar-refractivity contribution in [2.75, 3.05) is 36.4 Å². The van der Waals surface area contributed by atoms with E-state index in [-0.39, 0.29) is 12.2 Å². The molecule has 3 aromatic rings. The number of rotatable bonds is 3. The second-order valence-corrected chi connectivity index (χ2v) is 8.96. The van der Waals surface area contributed by atoms with Gasteiger partial charge in [-0.05, 0) is 43.5 Å². The molecule has 0 radical (unpaired) electrons. The number of likely N-dealkylation sites (tertiary alicyclic amines) is 1. The number of halogens is 2. The molecule has 3 fully saturated rings. The van der Waals surface area contributed by atoms with Gasteiger partial charge >= 0.3 is 6.03 Å². The number of alkyl halides is 1. The highest BCUT2D eigenvalue weighted by atomic mass is 19.1. The fourth-order valence-corrected chi connectivity index (χ4v) is 4.51. The first-order valence-corrected chi connectivity index (χ1v) is 10.6. The van der Waals surface area contributed by atoms with Gasteiger partial charge in [0.1, 0.15) is 17.7 Å². The Balaban J connectivity index is 1.24. The van der Waals surface area contributed by atoms with Gasteiger partial charge in [0.15, 0.2) is 5.65 Å². The van der Waals surface area contributed by atoms with E-state index >= 15 is 0 Å². The van der Waals surface area contributed by atoms with Crippen LogP contribution in [0.5, 0.6) is 0 Å². The lowest BCUT2D eigenvalue weighted by atomic mass is 9.96. The maximum atomic E-state index is 14.6. The normalized spacial score (nSPS) is 21.5. The molecule has 7 nitrogen and oxygen atoms in total. The van der Waals surface area contributed by atoms with Crippen LogP contribution < -0.4 is 10.2 Å². The van der Waals surface area contributed by atoms with Crippen LogP contribution in [0.4, 0.5) is 25.0 Å². The molecule has 0 bridgehead atoms. The van der Waals surface area contributed by atoms with Crippen molar-refractivity contribution in [3.05, 3.63) is 42.5 Å². The summed E-state index contributed by atoms with van der Waals surface area (Å²) in [6.45, 7) is 2.60. The van der Waals surface area contributed by atoms with Crippen molar-refractivity contribution in [2.24, 2.45) is 5.41 Å². The number of pyridine rings is 1. The summed E-state index contributed by atoms with van der Waals surface area (Å²) in [5, 5.41) is 7.96. The lowest BCUT2D eigenvalue weighted by Crippen LogP contribution is -2.48. The summed E-state index contributed by atoms with van der Waals surface area (Å²) >= 11 is 0. The predicted molar refractivity (Wildman–Crippen MR) is 113 cm³/mol. The molecule has 3 aliphatic rings. The van der Waals surface area contributed by atoms with E-state index in [1.165, 1.54) is 40.6 Å². The molecule has 2 amide bonds. The Kier molecular flexibility index (Phi) is 3.97. The van der Waals surface area contributed by atoms with Crippen molar-refractivity contribution in [1.29, 1.82) is 0 Å². The smallest absolute Gasteiger partial charge is 0.321 e. The molecule has 1 saturated carbocycles. The summed E-state index contributed by atoms with van der Waals surface area (Å²) in [4.78, 5) is 20.5.